The molecule has 41 valence electrons. The van der Waals surface area contributed by atoms with Crippen molar-refractivity contribution in [3.63, 3.8) is 0 Å². The Hall–Kier alpha value is -0.300. The van der Waals surface area contributed by atoms with E-state index in [1.807, 2.05) is 6.92 Å². The molecule has 0 N–H and O–H groups in total. The zero-order valence-corrected chi connectivity index (χ0v) is 4.74. The van der Waals surface area contributed by atoms with Crippen molar-refractivity contribution in [2.75, 3.05) is 6.61 Å². The molecular weight excluding hydrogens is 88.1 g/mol. The molecule has 0 heterocycles. The molecule has 0 aliphatic carbocycles. The van der Waals surface area contributed by atoms with E-state index in [1.165, 1.54) is 0 Å². The van der Waals surface area contributed by atoms with Crippen molar-refractivity contribution in [3.05, 3.63) is 12.2 Å². The quantitative estimate of drug-likeness (QED) is 0.480. The fourth-order valence-electron chi connectivity index (χ4n) is 0.374. The molecular formula is C6H11O. The van der Waals surface area contributed by atoms with Crippen LogP contribution in [0.25, 0.3) is 0 Å². The maximum atomic E-state index is 9.79. The Balaban J connectivity index is 2.82. The molecule has 0 bridgehead atoms. The lowest BCUT2D eigenvalue weighted by molar-refractivity contribution is 0.189. The summed E-state index contributed by atoms with van der Waals surface area (Å²) in [6.45, 7) is 5.63. The van der Waals surface area contributed by atoms with Crippen LogP contribution in [0.5, 0.6) is 0 Å². The number of allylic oxidation sites excluding steroid dienone is 1. The van der Waals surface area contributed by atoms with Gasteiger partial charge in [0, 0.05) is 0 Å². The third kappa shape index (κ3) is 5.70. The largest absolute Gasteiger partial charge is 0.237 e. The van der Waals surface area contributed by atoms with Gasteiger partial charge >= 0.3 is 0 Å². The van der Waals surface area contributed by atoms with Crippen molar-refractivity contribution < 1.29 is 5.11 Å². The minimum absolute atomic E-state index is 0.0346. The summed E-state index contributed by atoms with van der Waals surface area (Å²) in [6.07, 6.45) is 1.64. The Morgan fingerprint density at radius 3 is 2.43 bits per heavy atom. The summed E-state index contributed by atoms with van der Waals surface area (Å²) in [5.41, 5.74) is 1.11. The van der Waals surface area contributed by atoms with Gasteiger partial charge in [-0.25, -0.2) is 5.11 Å². The normalized spacial score (nSPS) is 8.86. The van der Waals surface area contributed by atoms with Crippen molar-refractivity contribution in [1.82, 2.24) is 0 Å². The zero-order chi connectivity index (χ0) is 5.70. The standard InChI is InChI=1S/C6H11O/c1-6(2)4-3-5-7/h1,3-5H2,2H3. The molecule has 0 aromatic heterocycles. The summed E-state index contributed by atoms with van der Waals surface area (Å²) in [5.74, 6) is 0. The van der Waals surface area contributed by atoms with E-state index in [-0.39, 0.29) is 6.61 Å². The predicted molar refractivity (Wildman–Crippen MR) is 29.6 cm³/mol. The fraction of sp³-hybridized carbons (Fsp3) is 0.667. The summed E-state index contributed by atoms with van der Waals surface area (Å²) in [5, 5.41) is 9.79. The molecule has 1 nitrogen and oxygen atoms in total. The molecule has 0 amide bonds. The molecule has 0 saturated heterocycles. The van der Waals surface area contributed by atoms with Gasteiger partial charge in [-0.2, -0.15) is 0 Å². The second kappa shape index (κ2) is 3.88. The van der Waals surface area contributed by atoms with Gasteiger partial charge in [-0.3, -0.25) is 0 Å². The Kier molecular flexibility index (Phi) is 3.71. The van der Waals surface area contributed by atoms with Crippen molar-refractivity contribution in [2.45, 2.75) is 19.8 Å². The van der Waals surface area contributed by atoms with Gasteiger partial charge in [0.2, 0.25) is 0 Å². The Labute approximate surface area is 44.7 Å². The first kappa shape index (κ1) is 6.70. The van der Waals surface area contributed by atoms with Gasteiger partial charge < -0.3 is 0 Å². The van der Waals surface area contributed by atoms with Crippen molar-refractivity contribution in [3.8, 4) is 0 Å². The van der Waals surface area contributed by atoms with E-state index in [0.29, 0.717) is 0 Å². The SMILES string of the molecule is C=C(C)CCC[O]. The summed E-state index contributed by atoms with van der Waals surface area (Å²) < 4.78 is 0. The highest BCUT2D eigenvalue weighted by molar-refractivity contribution is 4.86. The molecule has 7 heavy (non-hydrogen) atoms. The molecule has 0 aliphatic heterocycles. The fourth-order valence-corrected chi connectivity index (χ4v) is 0.374. The third-order valence-corrected chi connectivity index (χ3v) is 0.748. The Morgan fingerprint density at radius 1 is 1.71 bits per heavy atom. The highest BCUT2D eigenvalue weighted by atomic mass is 16.2. The number of rotatable bonds is 3. The van der Waals surface area contributed by atoms with Gasteiger partial charge in [0.1, 0.15) is 0 Å². The third-order valence-electron chi connectivity index (χ3n) is 0.748. The smallest absolute Gasteiger partial charge is 0.0825 e. The van der Waals surface area contributed by atoms with E-state index in [2.05, 4.69) is 6.58 Å². The zero-order valence-electron chi connectivity index (χ0n) is 4.74. The lowest BCUT2D eigenvalue weighted by atomic mass is 10.2. The minimum atomic E-state index is 0.0346. The monoisotopic (exact) mass is 99.1 g/mol. The van der Waals surface area contributed by atoms with Crippen molar-refractivity contribution >= 4 is 0 Å². The van der Waals surface area contributed by atoms with Crippen LogP contribution >= 0.6 is 0 Å². The minimum Gasteiger partial charge on any atom is -0.237 e. The van der Waals surface area contributed by atoms with Gasteiger partial charge in [-0.05, 0) is 19.8 Å². The van der Waals surface area contributed by atoms with E-state index in [4.69, 9.17) is 0 Å². The van der Waals surface area contributed by atoms with Crippen molar-refractivity contribution in [2.24, 2.45) is 0 Å². The van der Waals surface area contributed by atoms with Crippen LogP contribution < -0.4 is 0 Å². The molecule has 0 rings (SSSR count). The number of hydrogen-bond donors (Lipinski definition) is 0. The predicted octanol–water partition coefficient (Wildman–Crippen LogP) is 1.77. The Morgan fingerprint density at radius 2 is 2.29 bits per heavy atom. The van der Waals surface area contributed by atoms with E-state index in [0.717, 1.165) is 18.4 Å². The highest BCUT2D eigenvalue weighted by Gasteiger charge is 1.83. The topological polar surface area (TPSA) is 19.9 Å². The molecule has 0 aromatic carbocycles. The number of hydrogen-bond acceptors (Lipinski definition) is 0. The molecule has 1 radical (unpaired) electrons. The van der Waals surface area contributed by atoms with Crippen LogP contribution in [-0.4, -0.2) is 6.61 Å². The van der Waals surface area contributed by atoms with E-state index in [1.54, 1.807) is 0 Å². The average Bonchev–Trinajstić information content (AvgIpc) is 1.61. The van der Waals surface area contributed by atoms with Gasteiger partial charge in [-0.1, -0.05) is 5.57 Å². The van der Waals surface area contributed by atoms with Crippen LogP contribution in [-0.2, 0) is 5.11 Å². The van der Waals surface area contributed by atoms with Crippen LogP contribution in [0.4, 0.5) is 0 Å². The van der Waals surface area contributed by atoms with Gasteiger partial charge in [0.05, 0.1) is 6.61 Å². The maximum absolute atomic E-state index is 9.79. The lowest BCUT2D eigenvalue weighted by Gasteiger charge is -1.90. The van der Waals surface area contributed by atoms with Crippen LogP contribution in [0.15, 0.2) is 12.2 Å². The van der Waals surface area contributed by atoms with Crippen LogP contribution in [0, 0.1) is 0 Å². The average molecular weight is 99.2 g/mol. The second-order valence-corrected chi connectivity index (χ2v) is 1.76. The highest BCUT2D eigenvalue weighted by Crippen LogP contribution is 1.97. The van der Waals surface area contributed by atoms with Crippen LogP contribution in [0.3, 0.4) is 0 Å². The molecule has 0 aliphatic rings. The molecule has 0 saturated carbocycles. The molecule has 0 fully saturated rings. The molecule has 1 heteroatoms. The first-order valence-corrected chi connectivity index (χ1v) is 2.50. The molecule has 0 aromatic rings. The first-order valence-electron chi connectivity index (χ1n) is 2.50. The Bertz CT molecular complexity index is 57.2. The maximum Gasteiger partial charge on any atom is 0.0825 e. The second-order valence-electron chi connectivity index (χ2n) is 1.76. The summed E-state index contributed by atoms with van der Waals surface area (Å²) in [4.78, 5) is 0. The first-order chi connectivity index (χ1) is 3.27. The van der Waals surface area contributed by atoms with Crippen LogP contribution in [0.1, 0.15) is 19.8 Å². The van der Waals surface area contributed by atoms with E-state index < -0.39 is 0 Å². The summed E-state index contributed by atoms with van der Waals surface area (Å²) in [7, 11) is 0. The van der Waals surface area contributed by atoms with Crippen LogP contribution in [0.2, 0.25) is 0 Å². The van der Waals surface area contributed by atoms with Gasteiger partial charge in [0.15, 0.2) is 0 Å². The summed E-state index contributed by atoms with van der Waals surface area (Å²) in [6, 6.07) is 0. The lowest BCUT2D eigenvalue weighted by Crippen LogP contribution is -1.79. The van der Waals surface area contributed by atoms with E-state index in [9.17, 15) is 5.11 Å². The molecule has 0 atom stereocenters. The molecule has 0 unspecified atom stereocenters. The molecule has 0 spiro atoms. The van der Waals surface area contributed by atoms with E-state index >= 15 is 0 Å². The van der Waals surface area contributed by atoms with Gasteiger partial charge in [-0.15, -0.1) is 6.58 Å². The van der Waals surface area contributed by atoms with Crippen molar-refractivity contribution in [1.29, 1.82) is 0 Å². The summed E-state index contributed by atoms with van der Waals surface area (Å²) >= 11 is 0. The van der Waals surface area contributed by atoms with Gasteiger partial charge in [0.25, 0.3) is 0 Å².